The van der Waals surface area contributed by atoms with Crippen LogP contribution in [0.5, 0.6) is 0 Å². The number of cyclic esters (lactones) is 1. The van der Waals surface area contributed by atoms with Crippen molar-refractivity contribution >= 4 is 23.4 Å². The summed E-state index contributed by atoms with van der Waals surface area (Å²) >= 11 is 0. The average molecular weight is 345 g/mol. The van der Waals surface area contributed by atoms with E-state index in [1.54, 1.807) is 15.9 Å². The van der Waals surface area contributed by atoms with Crippen molar-refractivity contribution in [3.8, 4) is 0 Å². The Bertz CT molecular complexity index is 600. The molecule has 1 fully saturated rings. The molecule has 6 nitrogen and oxygen atoms in total. The van der Waals surface area contributed by atoms with Crippen LogP contribution in [0.25, 0.3) is 0 Å². The molecule has 1 saturated heterocycles. The number of nitrogens with one attached hydrogen (secondary N) is 1. The molecule has 136 valence electrons. The van der Waals surface area contributed by atoms with E-state index < -0.39 is 0 Å². The van der Waals surface area contributed by atoms with Crippen molar-refractivity contribution in [2.75, 3.05) is 36.5 Å². The Hall–Kier alpha value is -2.34. The fourth-order valence-corrected chi connectivity index (χ4v) is 2.86. The third-order valence-corrected chi connectivity index (χ3v) is 4.09. The number of hydrogen-bond donors (Lipinski definition) is 1. The molecule has 1 aliphatic heterocycles. The first-order valence-corrected chi connectivity index (χ1v) is 8.74. The van der Waals surface area contributed by atoms with E-state index in [-0.39, 0.29) is 18.1 Å². The monoisotopic (exact) mass is 345 g/mol. The number of likely N-dealkylation sites (N-methyl/N-ethyl adjacent to an activating group) is 1. The Labute approximate surface area is 149 Å². The summed E-state index contributed by atoms with van der Waals surface area (Å²) in [6.45, 7) is 7.54. The summed E-state index contributed by atoms with van der Waals surface area (Å²) in [6, 6.07) is 7.49. The summed E-state index contributed by atoms with van der Waals surface area (Å²) in [7, 11) is 1.83. The Morgan fingerprint density at radius 2 is 2.16 bits per heavy atom. The second kappa shape index (κ2) is 9.22. The minimum atomic E-state index is -0.333. The fraction of sp³-hybridized carbons (Fsp3) is 0.474. The van der Waals surface area contributed by atoms with Gasteiger partial charge in [-0.25, -0.2) is 4.79 Å². The van der Waals surface area contributed by atoms with Crippen LogP contribution in [0.15, 0.2) is 36.9 Å². The van der Waals surface area contributed by atoms with E-state index in [1.807, 2.05) is 38.2 Å². The molecule has 25 heavy (non-hydrogen) atoms. The van der Waals surface area contributed by atoms with E-state index in [0.29, 0.717) is 32.5 Å². The van der Waals surface area contributed by atoms with Gasteiger partial charge in [0.15, 0.2) is 0 Å². The van der Waals surface area contributed by atoms with Crippen molar-refractivity contribution in [2.24, 2.45) is 0 Å². The minimum Gasteiger partial charge on any atom is -0.443 e. The van der Waals surface area contributed by atoms with Crippen LogP contribution in [0, 0.1) is 0 Å². The van der Waals surface area contributed by atoms with E-state index in [2.05, 4.69) is 11.9 Å². The molecule has 1 N–H and O–H groups in total. The highest BCUT2D eigenvalue weighted by molar-refractivity contribution is 5.94. The van der Waals surface area contributed by atoms with Crippen molar-refractivity contribution in [3.05, 3.63) is 36.9 Å². The summed E-state index contributed by atoms with van der Waals surface area (Å²) in [5, 5.41) is 3.01. The Kier molecular flexibility index (Phi) is 7.01. The molecule has 1 atom stereocenters. The van der Waals surface area contributed by atoms with E-state index in [9.17, 15) is 9.59 Å². The Morgan fingerprint density at radius 3 is 2.76 bits per heavy atom. The molecule has 1 aromatic rings. The van der Waals surface area contributed by atoms with Gasteiger partial charge in [-0.1, -0.05) is 13.0 Å². The molecular weight excluding hydrogens is 318 g/mol. The molecule has 1 aliphatic rings. The number of rotatable bonds is 9. The maximum atomic E-state index is 12.4. The van der Waals surface area contributed by atoms with Gasteiger partial charge in [0.1, 0.15) is 6.10 Å². The first-order valence-electron chi connectivity index (χ1n) is 8.74. The van der Waals surface area contributed by atoms with Gasteiger partial charge in [-0.2, -0.15) is 0 Å². The van der Waals surface area contributed by atoms with E-state index in [4.69, 9.17) is 4.74 Å². The summed E-state index contributed by atoms with van der Waals surface area (Å²) in [5.74, 6) is 0.0872. The van der Waals surface area contributed by atoms with Crippen LogP contribution in [0.3, 0.4) is 0 Å². The smallest absolute Gasteiger partial charge is 0.414 e. The number of benzene rings is 1. The third-order valence-electron chi connectivity index (χ3n) is 4.09. The maximum absolute atomic E-state index is 12.4. The molecule has 2 amide bonds. The number of hydrogen-bond acceptors (Lipinski definition) is 4. The molecule has 0 aliphatic carbocycles. The molecule has 0 saturated carbocycles. The quantitative estimate of drug-likeness (QED) is 0.699. The van der Waals surface area contributed by atoms with E-state index in [0.717, 1.165) is 17.8 Å². The van der Waals surface area contributed by atoms with Crippen LogP contribution in [0.1, 0.15) is 26.2 Å². The Balaban J connectivity index is 2.10. The van der Waals surface area contributed by atoms with Crippen molar-refractivity contribution in [1.82, 2.24) is 5.32 Å². The number of amides is 2. The molecule has 0 bridgehead atoms. The highest BCUT2D eigenvalue weighted by Crippen LogP contribution is 2.25. The lowest BCUT2D eigenvalue weighted by atomic mass is 10.2. The molecular formula is C19H27N3O3. The lowest BCUT2D eigenvalue weighted by Gasteiger charge is -2.23. The Morgan fingerprint density at radius 1 is 1.44 bits per heavy atom. The summed E-state index contributed by atoms with van der Waals surface area (Å²) in [6.07, 6.45) is 3.28. The molecule has 1 aromatic carbocycles. The van der Waals surface area contributed by atoms with Gasteiger partial charge in [0, 0.05) is 30.9 Å². The molecule has 0 radical (unpaired) electrons. The first kappa shape index (κ1) is 19.0. The predicted molar refractivity (Wildman–Crippen MR) is 100 cm³/mol. The van der Waals surface area contributed by atoms with Gasteiger partial charge in [-0.3, -0.25) is 9.69 Å². The van der Waals surface area contributed by atoms with E-state index in [1.165, 1.54) is 0 Å². The fourth-order valence-electron chi connectivity index (χ4n) is 2.86. The number of nitrogens with zero attached hydrogens (tertiary/aromatic N) is 2. The second-order valence-corrected chi connectivity index (χ2v) is 6.06. The van der Waals surface area contributed by atoms with Crippen LogP contribution < -0.4 is 15.1 Å². The largest absolute Gasteiger partial charge is 0.443 e. The number of carbonyl (C=O) groups excluding carboxylic acids is 2. The number of allylic oxidation sites excluding steroid dienone is 1. The zero-order chi connectivity index (χ0) is 18.2. The van der Waals surface area contributed by atoms with Crippen LogP contribution in [0.2, 0.25) is 0 Å². The standard InChI is InChI=1S/C19H27N3O3/c1-4-6-7-18(23)21(12-5-2)15-8-10-16(11-9-15)22-14-17(13-20-3)25-19(22)24/h4,8-11,17,20H,1,5-7,12-14H2,2-3H3/t17-/m0/s1. The highest BCUT2D eigenvalue weighted by Gasteiger charge is 2.31. The normalized spacial score (nSPS) is 16.6. The molecule has 0 aromatic heterocycles. The predicted octanol–water partition coefficient (Wildman–Crippen LogP) is 2.94. The van der Waals surface area contributed by atoms with Crippen LogP contribution >= 0.6 is 0 Å². The number of anilines is 2. The van der Waals surface area contributed by atoms with Crippen molar-refractivity contribution in [2.45, 2.75) is 32.3 Å². The highest BCUT2D eigenvalue weighted by atomic mass is 16.6. The van der Waals surface area contributed by atoms with Gasteiger partial charge in [-0.05, 0) is 44.2 Å². The lowest BCUT2D eigenvalue weighted by Crippen LogP contribution is -2.31. The molecule has 0 unspecified atom stereocenters. The minimum absolute atomic E-state index is 0.0872. The van der Waals surface area contributed by atoms with Gasteiger partial charge in [-0.15, -0.1) is 6.58 Å². The number of ether oxygens (including phenoxy) is 1. The summed E-state index contributed by atoms with van der Waals surface area (Å²) in [4.78, 5) is 27.8. The van der Waals surface area contributed by atoms with E-state index >= 15 is 0 Å². The van der Waals surface area contributed by atoms with Gasteiger partial charge < -0.3 is 15.0 Å². The van der Waals surface area contributed by atoms with Crippen LogP contribution in [0.4, 0.5) is 16.2 Å². The first-order chi connectivity index (χ1) is 12.1. The summed E-state index contributed by atoms with van der Waals surface area (Å²) in [5.41, 5.74) is 1.63. The van der Waals surface area contributed by atoms with Gasteiger partial charge in [0.05, 0.1) is 6.54 Å². The maximum Gasteiger partial charge on any atom is 0.414 e. The zero-order valence-corrected chi connectivity index (χ0v) is 15.0. The third kappa shape index (κ3) is 4.82. The summed E-state index contributed by atoms with van der Waals surface area (Å²) < 4.78 is 5.32. The topological polar surface area (TPSA) is 61.9 Å². The second-order valence-electron chi connectivity index (χ2n) is 6.06. The number of carbonyl (C=O) groups is 2. The van der Waals surface area contributed by atoms with Crippen LogP contribution in [-0.4, -0.2) is 44.8 Å². The molecule has 2 rings (SSSR count). The van der Waals surface area contributed by atoms with Crippen LogP contribution in [-0.2, 0) is 9.53 Å². The van der Waals surface area contributed by atoms with Crippen molar-refractivity contribution in [1.29, 1.82) is 0 Å². The van der Waals surface area contributed by atoms with Gasteiger partial charge >= 0.3 is 6.09 Å². The zero-order valence-electron chi connectivity index (χ0n) is 15.0. The average Bonchev–Trinajstić information content (AvgIpc) is 2.98. The van der Waals surface area contributed by atoms with Crippen molar-refractivity contribution in [3.63, 3.8) is 0 Å². The molecule has 1 heterocycles. The van der Waals surface area contributed by atoms with Crippen molar-refractivity contribution < 1.29 is 14.3 Å². The lowest BCUT2D eigenvalue weighted by molar-refractivity contribution is -0.118. The molecule has 6 heteroatoms. The molecule has 0 spiro atoms. The van der Waals surface area contributed by atoms with Gasteiger partial charge in [0.25, 0.3) is 0 Å². The SMILES string of the molecule is C=CCCC(=O)N(CCC)c1ccc(N2C[C@H](CNC)OC2=O)cc1. The van der Waals surface area contributed by atoms with Gasteiger partial charge in [0.2, 0.25) is 5.91 Å².